The second kappa shape index (κ2) is 8.49. The van der Waals surface area contributed by atoms with Gasteiger partial charge in [-0.15, -0.1) is 0 Å². The van der Waals surface area contributed by atoms with Gasteiger partial charge in [0.25, 0.3) is 0 Å². The second-order valence-corrected chi connectivity index (χ2v) is 9.74. The molecule has 0 bridgehead atoms. The zero-order valence-corrected chi connectivity index (χ0v) is 18.1. The fourth-order valence-electron chi connectivity index (χ4n) is 3.01. The van der Waals surface area contributed by atoms with Crippen LogP contribution in [0.1, 0.15) is 12.8 Å². The van der Waals surface area contributed by atoms with E-state index in [2.05, 4.69) is 21.2 Å². The average molecular weight is 492 g/mol. The van der Waals surface area contributed by atoms with E-state index in [0.717, 1.165) is 4.47 Å². The first-order valence-electron chi connectivity index (χ1n) is 8.30. The van der Waals surface area contributed by atoms with E-state index in [1.807, 2.05) is 18.2 Å². The molecule has 0 aliphatic carbocycles. The van der Waals surface area contributed by atoms with Gasteiger partial charge in [0.1, 0.15) is 4.90 Å². The van der Waals surface area contributed by atoms with Crippen molar-refractivity contribution in [2.45, 2.75) is 17.7 Å². The van der Waals surface area contributed by atoms with Gasteiger partial charge in [-0.1, -0.05) is 41.4 Å². The van der Waals surface area contributed by atoms with E-state index in [1.54, 1.807) is 12.1 Å². The minimum atomic E-state index is -3.81. The van der Waals surface area contributed by atoms with E-state index < -0.39 is 10.0 Å². The smallest absolute Gasteiger partial charge is 0.246 e. The average Bonchev–Trinajstić information content (AvgIpc) is 2.63. The largest absolute Gasteiger partial charge is 0.325 e. The minimum Gasteiger partial charge on any atom is -0.325 e. The SMILES string of the molecule is O=C(Nc1ccccc1Br)C1CCN(S(=O)(=O)c2c(Cl)cccc2Cl)CC1. The quantitative estimate of drug-likeness (QED) is 0.668. The van der Waals surface area contributed by atoms with Gasteiger partial charge in [-0.2, -0.15) is 4.31 Å². The van der Waals surface area contributed by atoms with Gasteiger partial charge in [0.05, 0.1) is 15.7 Å². The lowest BCUT2D eigenvalue weighted by molar-refractivity contribution is -0.120. The minimum absolute atomic E-state index is 0.0792. The summed E-state index contributed by atoms with van der Waals surface area (Å²) in [4.78, 5) is 12.4. The second-order valence-electron chi connectivity index (χ2n) is 6.20. The number of para-hydroxylation sites is 1. The first-order valence-corrected chi connectivity index (χ1v) is 11.3. The highest BCUT2D eigenvalue weighted by molar-refractivity contribution is 9.10. The number of halogens is 3. The highest BCUT2D eigenvalue weighted by Crippen LogP contribution is 2.33. The normalized spacial score (nSPS) is 16.3. The summed E-state index contributed by atoms with van der Waals surface area (Å²) < 4.78 is 27.9. The van der Waals surface area contributed by atoms with E-state index in [1.165, 1.54) is 16.4 Å². The van der Waals surface area contributed by atoms with Gasteiger partial charge in [-0.25, -0.2) is 8.42 Å². The molecule has 1 aliphatic heterocycles. The fourth-order valence-corrected chi connectivity index (χ4v) is 5.96. The summed E-state index contributed by atoms with van der Waals surface area (Å²) in [6, 6.07) is 11.9. The molecular formula is C18H17BrCl2N2O3S. The molecule has 2 aromatic rings. The van der Waals surface area contributed by atoms with Crippen molar-refractivity contribution >= 4 is 60.7 Å². The summed E-state index contributed by atoms with van der Waals surface area (Å²) in [5.74, 6) is -0.375. The molecule has 1 aliphatic rings. The summed E-state index contributed by atoms with van der Waals surface area (Å²) in [5, 5.41) is 3.07. The van der Waals surface area contributed by atoms with Crippen LogP contribution >= 0.6 is 39.1 Å². The van der Waals surface area contributed by atoms with Crippen molar-refractivity contribution in [1.29, 1.82) is 0 Å². The number of piperidine rings is 1. The Hall–Kier alpha value is -1.12. The van der Waals surface area contributed by atoms with Crippen LogP contribution < -0.4 is 5.32 Å². The summed E-state index contributed by atoms with van der Waals surface area (Å²) in [6.45, 7) is 0.468. The summed E-state index contributed by atoms with van der Waals surface area (Å²) >= 11 is 15.5. The molecule has 0 unspecified atom stereocenters. The lowest BCUT2D eigenvalue weighted by atomic mass is 9.97. The third-order valence-corrected chi connectivity index (χ3v) is 8.02. The lowest BCUT2D eigenvalue weighted by Crippen LogP contribution is -2.41. The Balaban J connectivity index is 1.68. The van der Waals surface area contributed by atoms with Gasteiger partial charge in [-0.3, -0.25) is 4.79 Å². The van der Waals surface area contributed by atoms with Crippen LogP contribution in [0.5, 0.6) is 0 Å². The standard InChI is InChI=1S/C18H17BrCl2N2O3S/c19-13-4-1-2-7-16(13)22-18(24)12-8-10-23(11-9-12)27(25,26)17-14(20)5-3-6-15(17)21/h1-7,12H,8-11H2,(H,22,24). The summed E-state index contributed by atoms with van der Waals surface area (Å²) in [5.41, 5.74) is 0.695. The van der Waals surface area contributed by atoms with Crippen LogP contribution in [0.15, 0.2) is 51.8 Å². The number of amides is 1. The zero-order chi connectivity index (χ0) is 19.6. The van der Waals surface area contributed by atoms with Gasteiger partial charge in [0.15, 0.2) is 0 Å². The topological polar surface area (TPSA) is 66.5 Å². The van der Waals surface area contributed by atoms with Gasteiger partial charge >= 0.3 is 0 Å². The molecule has 0 radical (unpaired) electrons. The molecule has 0 aromatic heterocycles. The Morgan fingerprint density at radius 1 is 1.04 bits per heavy atom. The summed E-state index contributed by atoms with van der Waals surface area (Å²) in [6.07, 6.45) is 0.856. The van der Waals surface area contributed by atoms with E-state index >= 15 is 0 Å². The van der Waals surface area contributed by atoms with Crippen molar-refractivity contribution in [2.24, 2.45) is 5.92 Å². The number of sulfonamides is 1. The van der Waals surface area contributed by atoms with Crippen molar-refractivity contribution < 1.29 is 13.2 Å². The predicted molar refractivity (Wildman–Crippen MR) is 111 cm³/mol. The Bertz CT molecular complexity index is 941. The molecule has 144 valence electrons. The maximum atomic E-state index is 12.9. The van der Waals surface area contributed by atoms with Gasteiger partial charge in [0, 0.05) is 23.5 Å². The first-order chi connectivity index (χ1) is 12.8. The monoisotopic (exact) mass is 490 g/mol. The zero-order valence-electron chi connectivity index (χ0n) is 14.2. The predicted octanol–water partition coefficient (Wildman–Crippen LogP) is 4.80. The molecule has 0 spiro atoms. The third-order valence-electron chi connectivity index (χ3n) is 4.47. The molecule has 9 heteroatoms. The van der Waals surface area contributed by atoms with Crippen molar-refractivity contribution in [3.63, 3.8) is 0 Å². The molecule has 1 N–H and O–H groups in total. The Morgan fingerprint density at radius 2 is 1.63 bits per heavy atom. The number of nitrogens with one attached hydrogen (secondary N) is 1. The van der Waals surface area contributed by atoms with E-state index in [4.69, 9.17) is 23.2 Å². The molecule has 1 fully saturated rings. The van der Waals surface area contributed by atoms with Crippen LogP contribution in [0.2, 0.25) is 10.0 Å². The number of hydrogen-bond acceptors (Lipinski definition) is 3. The van der Waals surface area contributed by atoms with Gasteiger partial charge < -0.3 is 5.32 Å². The van der Waals surface area contributed by atoms with Crippen molar-refractivity contribution in [2.75, 3.05) is 18.4 Å². The van der Waals surface area contributed by atoms with Gasteiger partial charge in [-0.05, 0) is 53.0 Å². The fraction of sp³-hybridized carbons (Fsp3) is 0.278. The van der Waals surface area contributed by atoms with Gasteiger partial charge in [0.2, 0.25) is 15.9 Å². The van der Waals surface area contributed by atoms with Crippen LogP contribution in [-0.4, -0.2) is 31.7 Å². The molecule has 27 heavy (non-hydrogen) atoms. The highest BCUT2D eigenvalue weighted by Gasteiger charge is 2.34. The molecule has 5 nitrogen and oxygen atoms in total. The Morgan fingerprint density at radius 3 is 2.22 bits per heavy atom. The molecular weight excluding hydrogens is 475 g/mol. The van der Waals surface area contributed by atoms with Crippen LogP contribution in [0.4, 0.5) is 5.69 Å². The molecule has 1 amide bonds. The molecule has 2 aromatic carbocycles. The Kier molecular flexibility index (Phi) is 6.48. The number of benzene rings is 2. The first kappa shape index (κ1) is 20.6. The van der Waals surface area contributed by atoms with Crippen LogP contribution in [0, 0.1) is 5.92 Å². The molecule has 3 rings (SSSR count). The highest BCUT2D eigenvalue weighted by atomic mass is 79.9. The number of anilines is 1. The summed E-state index contributed by atoms with van der Waals surface area (Å²) in [7, 11) is -3.81. The molecule has 1 saturated heterocycles. The molecule has 0 atom stereocenters. The third kappa shape index (κ3) is 4.49. The number of hydrogen-bond donors (Lipinski definition) is 1. The van der Waals surface area contributed by atoms with E-state index in [0.29, 0.717) is 18.5 Å². The number of carbonyl (C=O) groups excluding carboxylic acids is 1. The number of carbonyl (C=O) groups is 1. The maximum Gasteiger partial charge on any atom is 0.246 e. The number of nitrogens with zero attached hydrogens (tertiary/aromatic N) is 1. The number of rotatable bonds is 4. The molecule has 0 saturated carbocycles. The maximum absolute atomic E-state index is 12.9. The van der Waals surface area contributed by atoms with Crippen molar-refractivity contribution in [3.8, 4) is 0 Å². The molecule has 1 heterocycles. The van der Waals surface area contributed by atoms with Crippen LogP contribution in [-0.2, 0) is 14.8 Å². The Labute approximate surface area is 176 Å². The van der Waals surface area contributed by atoms with Crippen LogP contribution in [0.25, 0.3) is 0 Å². The lowest BCUT2D eigenvalue weighted by Gasteiger charge is -2.31. The van der Waals surface area contributed by atoms with E-state index in [9.17, 15) is 13.2 Å². The van der Waals surface area contributed by atoms with Crippen molar-refractivity contribution in [3.05, 3.63) is 57.0 Å². The van der Waals surface area contributed by atoms with E-state index in [-0.39, 0.29) is 39.9 Å². The van der Waals surface area contributed by atoms with Crippen molar-refractivity contribution in [1.82, 2.24) is 4.31 Å². The van der Waals surface area contributed by atoms with Crippen LogP contribution in [0.3, 0.4) is 0 Å².